The zero-order chi connectivity index (χ0) is 21.4. The van der Waals surface area contributed by atoms with E-state index in [2.05, 4.69) is 5.32 Å². The lowest BCUT2D eigenvalue weighted by Crippen LogP contribution is -2.53. The number of nitrogens with zero attached hydrogens (tertiary/aromatic N) is 2. The Kier molecular flexibility index (Phi) is 5.15. The zero-order valence-corrected chi connectivity index (χ0v) is 17.4. The lowest BCUT2D eigenvalue weighted by molar-refractivity contribution is -0.142. The number of piperazine rings is 1. The van der Waals surface area contributed by atoms with E-state index in [1.807, 2.05) is 30.3 Å². The topological polar surface area (TPSA) is 84.2 Å². The van der Waals surface area contributed by atoms with E-state index in [0.29, 0.717) is 49.8 Å². The van der Waals surface area contributed by atoms with Crippen molar-refractivity contribution in [3.05, 3.63) is 36.4 Å². The minimum Gasteiger partial charge on any atom is -0.495 e. The number of hydrogen-bond acceptors (Lipinski definition) is 5. The summed E-state index contributed by atoms with van der Waals surface area (Å²) in [6.45, 7) is 2.60. The molecule has 0 spiro atoms. The quantitative estimate of drug-likeness (QED) is 0.698. The molecule has 8 heteroatoms. The summed E-state index contributed by atoms with van der Waals surface area (Å²) in [6, 6.07) is 11.3. The number of urea groups is 1. The highest BCUT2D eigenvalue weighted by atomic mass is 16.5. The standard InChI is InChI=1S/C23H25N3O5/c1-29-21-13-16-15-5-2-3-6-18(15)31-20(16)14-17(21)24-23(28)26-10-8-25(9-11-26)22(27)19-7-4-12-30-19/h2-3,5-6,13-14,19H,4,7-12H2,1H3,(H,24,28). The molecule has 1 aromatic heterocycles. The first-order valence-corrected chi connectivity index (χ1v) is 10.6. The largest absolute Gasteiger partial charge is 0.495 e. The van der Waals surface area contributed by atoms with E-state index in [1.54, 1.807) is 23.0 Å². The van der Waals surface area contributed by atoms with Crippen LogP contribution in [0.15, 0.2) is 40.8 Å². The van der Waals surface area contributed by atoms with Gasteiger partial charge in [0.15, 0.2) is 0 Å². The molecule has 2 saturated heterocycles. The van der Waals surface area contributed by atoms with Crippen LogP contribution in [0.3, 0.4) is 0 Å². The summed E-state index contributed by atoms with van der Waals surface area (Å²) in [4.78, 5) is 28.9. The first-order valence-electron chi connectivity index (χ1n) is 10.6. The molecule has 1 atom stereocenters. The maximum Gasteiger partial charge on any atom is 0.322 e. The van der Waals surface area contributed by atoms with Crippen LogP contribution in [0.5, 0.6) is 5.75 Å². The van der Waals surface area contributed by atoms with Crippen molar-refractivity contribution in [1.82, 2.24) is 9.80 Å². The first-order chi connectivity index (χ1) is 15.1. The number of fused-ring (bicyclic) bond motifs is 3. The number of nitrogens with one attached hydrogen (secondary N) is 1. The number of ether oxygens (including phenoxy) is 2. The lowest BCUT2D eigenvalue weighted by Gasteiger charge is -2.35. The highest BCUT2D eigenvalue weighted by molar-refractivity contribution is 6.07. The van der Waals surface area contributed by atoms with Gasteiger partial charge in [0, 0.05) is 49.6 Å². The van der Waals surface area contributed by atoms with Crippen LogP contribution in [0.2, 0.25) is 0 Å². The molecule has 3 aromatic rings. The molecule has 0 aliphatic carbocycles. The number of amides is 3. The van der Waals surface area contributed by atoms with Crippen molar-refractivity contribution in [2.45, 2.75) is 18.9 Å². The fourth-order valence-electron chi connectivity index (χ4n) is 4.32. The van der Waals surface area contributed by atoms with Crippen LogP contribution in [-0.4, -0.2) is 67.7 Å². The molecule has 31 heavy (non-hydrogen) atoms. The van der Waals surface area contributed by atoms with Gasteiger partial charge in [-0.3, -0.25) is 4.79 Å². The average Bonchev–Trinajstić information content (AvgIpc) is 3.46. The number of furan rings is 1. The zero-order valence-electron chi connectivity index (χ0n) is 17.4. The fraction of sp³-hybridized carbons (Fsp3) is 0.391. The summed E-state index contributed by atoms with van der Waals surface area (Å²) in [7, 11) is 1.58. The molecule has 3 heterocycles. The number of anilines is 1. The van der Waals surface area contributed by atoms with E-state index >= 15 is 0 Å². The van der Waals surface area contributed by atoms with Crippen LogP contribution in [0.1, 0.15) is 12.8 Å². The molecular formula is C23H25N3O5. The molecule has 0 bridgehead atoms. The van der Waals surface area contributed by atoms with Gasteiger partial charge in [0.25, 0.3) is 5.91 Å². The van der Waals surface area contributed by atoms with Crippen molar-refractivity contribution in [3.8, 4) is 5.75 Å². The van der Waals surface area contributed by atoms with E-state index < -0.39 is 0 Å². The Morgan fingerprint density at radius 1 is 1.03 bits per heavy atom. The van der Waals surface area contributed by atoms with Crippen LogP contribution in [-0.2, 0) is 9.53 Å². The number of rotatable bonds is 3. The Bertz CT molecular complexity index is 1130. The van der Waals surface area contributed by atoms with E-state index in [4.69, 9.17) is 13.9 Å². The Morgan fingerprint density at radius 2 is 1.81 bits per heavy atom. The van der Waals surface area contributed by atoms with Crippen LogP contribution in [0.4, 0.5) is 10.5 Å². The summed E-state index contributed by atoms with van der Waals surface area (Å²) in [5, 5.41) is 4.88. The summed E-state index contributed by atoms with van der Waals surface area (Å²) in [6.07, 6.45) is 1.39. The highest BCUT2D eigenvalue weighted by Gasteiger charge is 2.31. The normalized spacial score (nSPS) is 19.2. The van der Waals surface area contributed by atoms with Crippen molar-refractivity contribution >= 4 is 39.6 Å². The summed E-state index contributed by atoms with van der Waals surface area (Å²) >= 11 is 0. The second-order valence-electron chi connectivity index (χ2n) is 7.89. The second-order valence-corrected chi connectivity index (χ2v) is 7.89. The van der Waals surface area contributed by atoms with Gasteiger partial charge in [-0.25, -0.2) is 4.79 Å². The summed E-state index contributed by atoms with van der Waals surface area (Å²) < 4.78 is 17.0. The number of carbonyl (C=O) groups excluding carboxylic acids is 2. The molecule has 162 valence electrons. The van der Waals surface area contributed by atoms with Crippen molar-refractivity contribution in [2.75, 3.05) is 45.2 Å². The molecule has 2 aliphatic rings. The molecule has 0 saturated carbocycles. The van der Waals surface area contributed by atoms with Gasteiger partial charge in [-0.05, 0) is 25.0 Å². The van der Waals surface area contributed by atoms with Crippen molar-refractivity contribution in [1.29, 1.82) is 0 Å². The minimum absolute atomic E-state index is 0.0366. The van der Waals surface area contributed by atoms with E-state index in [0.717, 1.165) is 29.2 Å². The number of benzene rings is 2. The molecular weight excluding hydrogens is 398 g/mol. The predicted molar refractivity (Wildman–Crippen MR) is 116 cm³/mol. The Labute approximate surface area is 179 Å². The Balaban J connectivity index is 1.29. The second kappa shape index (κ2) is 8.11. The molecule has 1 N–H and O–H groups in total. The molecule has 8 nitrogen and oxygen atoms in total. The Morgan fingerprint density at radius 3 is 2.55 bits per heavy atom. The van der Waals surface area contributed by atoms with Gasteiger partial charge in [0.2, 0.25) is 0 Å². The molecule has 2 aliphatic heterocycles. The maximum atomic E-state index is 12.9. The summed E-state index contributed by atoms with van der Waals surface area (Å²) in [5.41, 5.74) is 2.02. The number of carbonyl (C=O) groups is 2. The van der Waals surface area contributed by atoms with E-state index in [1.165, 1.54) is 0 Å². The number of methoxy groups -OCH3 is 1. The molecule has 5 rings (SSSR count). The van der Waals surface area contributed by atoms with E-state index in [-0.39, 0.29) is 18.0 Å². The Hall–Kier alpha value is -3.26. The van der Waals surface area contributed by atoms with Crippen molar-refractivity contribution < 1.29 is 23.5 Å². The molecule has 1 unspecified atom stereocenters. The van der Waals surface area contributed by atoms with Gasteiger partial charge in [-0.15, -0.1) is 0 Å². The van der Waals surface area contributed by atoms with Gasteiger partial charge in [0.1, 0.15) is 23.0 Å². The summed E-state index contributed by atoms with van der Waals surface area (Å²) in [5.74, 6) is 0.606. The fourth-order valence-corrected chi connectivity index (χ4v) is 4.32. The van der Waals surface area contributed by atoms with Gasteiger partial charge >= 0.3 is 6.03 Å². The third kappa shape index (κ3) is 3.67. The molecule has 0 radical (unpaired) electrons. The predicted octanol–water partition coefficient (Wildman–Crippen LogP) is 3.45. The van der Waals surface area contributed by atoms with Gasteiger partial charge < -0.3 is 29.0 Å². The number of para-hydroxylation sites is 1. The minimum atomic E-state index is -0.319. The van der Waals surface area contributed by atoms with Gasteiger partial charge in [-0.2, -0.15) is 0 Å². The smallest absolute Gasteiger partial charge is 0.322 e. The monoisotopic (exact) mass is 423 g/mol. The van der Waals surface area contributed by atoms with Crippen LogP contribution in [0, 0.1) is 0 Å². The van der Waals surface area contributed by atoms with Crippen molar-refractivity contribution in [2.24, 2.45) is 0 Å². The highest BCUT2D eigenvalue weighted by Crippen LogP contribution is 2.36. The SMILES string of the molecule is COc1cc2c(cc1NC(=O)N1CCN(C(=O)C3CCCO3)CC1)oc1ccccc12. The maximum absolute atomic E-state index is 12.9. The average molecular weight is 423 g/mol. The first kappa shape index (κ1) is 19.7. The number of hydrogen-bond donors (Lipinski definition) is 1. The van der Waals surface area contributed by atoms with Gasteiger partial charge in [-0.1, -0.05) is 18.2 Å². The lowest BCUT2D eigenvalue weighted by atomic mass is 10.1. The van der Waals surface area contributed by atoms with Crippen molar-refractivity contribution in [3.63, 3.8) is 0 Å². The van der Waals surface area contributed by atoms with Crippen LogP contribution < -0.4 is 10.1 Å². The molecule has 2 fully saturated rings. The molecule has 3 amide bonds. The van der Waals surface area contributed by atoms with Crippen LogP contribution >= 0.6 is 0 Å². The van der Waals surface area contributed by atoms with Crippen LogP contribution in [0.25, 0.3) is 21.9 Å². The third-order valence-electron chi connectivity index (χ3n) is 6.02. The van der Waals surface area contributed by atoms with Gasteiger partial charge in [0.05, 0.1) is 12.8 Å². The molecule has 2 aromatic carbocycles. The third-order valence-corrected chi connectivity index (χ3v) is 6.02. The van der Waals surface area contributed by atoms with E-state index in [9.17, 15) is 9.59 Å².